The standard InChI is InChI=1S/C21H20FN3O6S/c1-23-32(28,29)24-14-6-4-5-13(9-14)10-17-18(12-22)16-8-7-15(30-21(27)25(2)3)11-19(16)31-20(17)26/h4-9,11,24H,1,10,12H2,2-3H3. The van der Waals surface area contributed by atoms with Crippen LogP contribution in [0.2, 0.25) is 0 Å². The summed E-state index contributed by atoms with van der Waals surface area (Å²) >= 11 is 0. The van der Waals surface area contributed by atoms with Gasteiger partial charge in [-0.1, -0.05) is 12.1 Å². The molecule has 11 heteroatoms. The zero-order valence-corrected chi connectivity index (χ0v) is 18.1. The zero-order valence-electron chi connectivity index (χ0n) is 17.3. The Morgan fingerprint density at radius 1 is 1.22 bits per heavy atom. The molecule has 3 aromatic rings. The summed E-state index contributed by atoms with van der Waals surface area (Å²) < 4.78 is 52.9. The molecule has 0 saturated carbocycles. The molecule has 0 radical (unpaired) electrons. The summed E-state index contributed by atoms with van der Waals surface area (Å²) in [5.74, 6) is 0.146. The van der Waals surface area contributed by atoms with Crippen molar-refractivity contribution in [3.05, 3.63) is 69.6 Å². The highest BCUT2D eigenvalue weighted by atomic mass is 32.2. The minimum absolute atomic E-state index is 0.00593. The average Bonchev–Trinajstić information content (AvgIpc) is 2.74. The van der Waals surface area contributed by atoms with E-state index in [9.17, 15) is 22.4 Å². The van der Waals surface area contributed by atoms with Gasteiger partial charge in [0.2, 0.25) is 0 Å². The van der Waals surface area contributed by atoms with Crippen molar-refractivity contribution in [3.63, 3.8) is 0 Å². The first-order valence-electron chi connectivity index (χ1n) is 9.27. The molecule has 0 atom stereocenters. The highest BCUT2D eigenvalue weighted by Gasteiger charge is 2.17. The summed E-state index contributed by atoms with van der Waals surface area (Å²) in [6, 6.07) is 10.6. The van der Waals surface area contributed by atoms with Crippen molar-refractivity contribution >= 4 is 39.7 Å². The van der Waals surface area contributed by atoms with Crippen LogP contribution in [-0.2, 0) is 23.3 Å². The number of fused-ring (bicyclic) bond motifs is 1. The minimum Gasteiger partial charge on any atom is -0.422 e. The van der Waals surface area contributed by atoms with Gasteiger partial charge in [-0.2, -0.15) is 12.8 Å². The third-order valence-electron chi connectivity index (χ3n) is 4.52. The maximum Gasteiger partial charge on any atom is 0.414 e. The fraction of sp³-hybridized carbons (Fsp3) is 0.190. The van der Waals surface area contributed by atoms with Crippen molar-refractivity contribution < 1.29 is 26.8 Å². The molecular weight excluding hydrogens is 441 g/mol. The van der Waals surface area contributed by atoms with Gasteiger partial charge in [-0.3, -0.25) is 4.72 Å². The Morgan fingerprint density at radius 3 is 2.62 bits per heavy atom. The molecule has 0 aliphatic rings. The second-order valence-electron chi connectivity index (χ2n) is 6.98. The molecule has 0 spiro atoms. The number of carbonyl (C=O) groups excluding carboxylic acids is 1. The number of halogens is 1. The van der Waals surface area contributed by atoms with E-state index in [1.165, 1.54) is 49.3 Å². The van der Waals surface area contributed by atoms with E-state index in [0.29, 0.717) is 10.9 Å². The van der Waals surface area contributed by atoms with Gasteiger partial charge in [-0.25, -0.2) is 14.0 Å². The van der Waals surface area contributed by atoms with Gasteiger partial charge in [-0.05, 0) is 29.8 Å². The van der Waals surface area contributed by atoms with E-state index >= 15 is 0 Å². The van der Waals surface area contributed by atoms with E-state index in [4.69, 9.17) is 9.15 Å². The van der Waals surface area contributed by atoms with Crippen LogP contribution in [0.15, 0.2) is 56.1 Å². The number of carbonyl (C=O) groups is 1. The van der Waals surface area contributed by atoms with Crippen LogP contribution in [0.1, 0.15) is 16.7 Å². The molecule has 0 aliphatic heterocycles. The number of alkyl halides is 1. The number of nitrogens with one attached hydrogen (secondary N) is 1. The van der Waals surface area contributed by atoms with Gasteiger partial charge in [0.25, 0.3) is 0 Å². The van der Waals surface area contributed by atoms with Gasteiger partial charge in [0.05, 0.1) is 5.69 Å². The van der Waals surface area contributed by atoms with E-state index in [2.05, 4.69) is 15.8 Å². The summed E-state index contributed by atoms with van der Waals surface area (Å²) in [6.45, 7) is 2.06. The summed E-state index contributed by atoms with van der Waals surface area (Å²) in [4.78, 5) is 25.6. The van der Waals surface area contributed by atoms with Crippen molar-refractivity contribution in [1.29, 1.82) is 0 Å². The molecule has 0 saturated heterocycles. The Hall–Kier alpha value is -3.73. The van der Waals surface area contributed by atoms with Crippen LogP contribution in [0, 0.1) is 0 Å². The third-order valence-corrected chi connectivity index (χ3v) is 5.35. The molecule has 168 valence electrons. The van der Waals surface area contributed by atoms with Gasteiger partial charge in [0.1, 0.15) is 18.0 Å². The topological polar surface area (TPSA) is 118 Å². The zero-order chi connectivity index (χ0) is 23.5. The van der Waals surface area contributed by atoms with Crippen LogP contribution in [0.5, 0.6) is 5.75 Å². The van der Waals surface area contributed by atoms with Crippen molar-refractivity contribution in [3.8, 4) is 5.75 Å². The van der Waals surface area contributed by atoms with Crippen LogP contribution in [-0.4, -0.2) is 40.2 Å². The lowest BCUT2D eigenvalue weighted by Gasteiger charge is -2.13. The third kappa shape index (κ3) is 5.11. The smallest absolute Gasteiger partial charge is 0.414 e. The molecule has 9 nitrogen and oxygen atoms in total. The van der Waals surface area contributed by atoms with Crippen molar-refractivity contribution in [2.24, 2.45) is 4.40 Å². The second-order valence-corrected chi connectivity index (χ2v) is 8.40. The van der Waals surface area contributed by atoms with Crippen molar-refractivity contribution in [1.82, 2.24) is 4.90 Å². The molecule has 0 unspecified atom stereocenters. The summed E-state index contributed by atoms with van der Waals surface area (Å²) in [5.41, 5.74) is 0.329. The van der Waals surface area contributed by atoms with E-state index < -0.39 is 28.6 Å². The van der Waals surface area contributed by atoms with Crippen LogP contribution >= 0.6 is 0 Å². The van der Waals surface area contributed by atoms with Crippen LogP contribution in [0.4, 0.5) is 14.9 Å². The first-order valence-corrected chi connectivity index (χ1v) is 10.7. The average molecular weight is 461 g/mol. The molecule has 1 heterocycles. The fourth-order valence-electron chi connectivity index (χ4n) is 3.00. The van der Waals surface area contributed by atoms with E-state index in [1.54, 1.807) is 12.1 Å². The number of hydrogen-bond donors (Lipinski definition) is 1. The Kier molecular flexibility index (Phi) is 6.58. The first kappa shape index (κ1) is 22.9. The molecule has 2 aromatic carbocycles. The predicted octanol–water partition coefficient (Wildman–Crippen LogP) is 3.27. The fourth-order valence-corrected chi connectivity index (χ4v) is 3.49. The summed E-state index contributed by atoms with van der Waals surface area (Å²) in [7, 11) is -0.908. The van der Waals surface area contributed by atoms with Gasteiger partial charge in [0, 0.05) is 49.8 Å². The molecular formula is C21H20FN3O6S. The number of hydrogen-bond acceptors (Lipinski definition) is 6. The van der Waals surface area contributed by atoms with E-state index in [-0.39, 0.29) is 34.6 Å². The summed E-state index contributed by atoms with van der Waals surface area (Å²) in [5, 5.41) is 0.361. The van der Waals surface area contributed by atoms with Gasteiger partial charge in [0.15, 0.2) is 0 Å². The van der Waals surface area contributed by atoms with Crippen LogP contribution < -0.4 is 15.1 Å². The molecule has 32 heavy (non-hydrogen) atoms. The highest BCUT2D eigenvalue weighted by molar-refractivity contribution is 7.91. The van der Waals surface area contributed by atoms with Crippen molar-refractivity contribution in [2.75, 3.05) is 18.8 Å². The van der Waals surface area contributed by atoms with E-state index in [1.807, 2.05) is 0 Å². The number of anilines is 1. The number of rotatable bonds is 7. The molecule has 1 amide bonds. The maximum atomic E-state index is 14.0. The number of amides is 1. The Balaban J connectivity index is 1.99. The lowest BCUT2D eigenvalue weighted by molar-refractivity contribution is 0.172. The van der Waals surface area contributed by atoms with Crippen molar-refractivity contribution in [2.45, 2.75) is 13.1 Å². The quantitative estimate of drug-likeness (QED) is 0.426. The molecule has 3 rings (SSSR count). The lowest BCUT2D eigenvalue weighted by atomic mass is 9.99. The van der Waals surface area contributed by atoms with E-state index in [0.717, 1.165) is 0 Å². The maximum absolute atomic E-state index is 14.0. The molecule has 1 aromatic heterocycles. The Labute approximate surface area is 183 Å². The predicted molar refractivity (Wildman–Crippen MR) is 118 cm³/mol. The summed E-state index contributed by atoms with van der Waals surface area (Å²) in [6.07, 6.45) is -0.609. The SMILES string of the molecule is C=NS(=O)(=O)Nc1cccc(Cc2c(CF)c3ccc(OC(=O)N(C)C)cc3oc2=O)c1. The van der Waals surface area contributed by atoms with Crippen LogP contribution in [0.3, 0.4) is 0 Å². The van der Waals surface area contributed by atoms with Gasteiger partial charge >= 0.3 is 21.9 Å². The largest absolute Gasteiger partial charge is 0.422 e. The molecule has 0 aliphatic carbocycles. The number of nitrogens with zero attached hydrogens (tertiary/aromatic N) is 2. The Morgan fingerprint density at radius 2 is 1.97 bits per heavy atom. The first-order chi connectivity index (χ1) is 15.1. The minimum atomic E-state index is -3.95. The van der Waals surface area contributed by atoms with Gasteiger partial charge in [-0.15, -0.1) is 0 Å². The molecule has 0 bridgehead atoms. The molecule has 0 fully saturated rings. The lowest BCUT2D eigenvalue weighted by Crippen LogP contribution is -2.25. The Bertz CT molecular complexity index is 1350. The second kappa shape index (κ2) is 9.18. The highest BCUT2D eigenvalue weighted by Crippen LogP contribution is 2.27. The number of ether oxygens (including phenoxy) is 1. The normalized spacial score (nSPS) is 11.2. The monoisotopic (exact) mass is 461 g/mol. The number of benzene rings is 2. The molecule has 1 N–H and O–H groups in total. The van der Waals surface area contributed by atoms with Crippen LogP contribution in [0.25, 0.3) is 11.0 Å². The van der Waals surface area contributed by atoms with Gasteiger partial charge < -0.3 is 14.1 Å².